The molecule has 1 aromatic carbocycles. The van der Waals surface area contributed by atoms with Gasteiger partial charge in [-0.15, -0.1) is 11.3 Å². The van der Waals surface area contributed by atoms with Gasteiger partial charge in [0.05, 0.1) is 13.1 Å². The zero-order valence-electron chi connectivity index (χ0n) is 16.5. The van der Waals surface area contributed by atoms with Gasteiger partial charge in [0.25, 0.3) is 5.91 Å². The fourth-order valence-corrected chi connectivity index (χ4v) is 4.69. The maximum absolute atomic E-state index is 12.7. The van der Waals surface area contributed by atoms with E-state index >= 15 is 0 Å². The van der Waals surface area contributed by atoms with E-state index in [1.54, 1.807) is 18.4 Å². The number of quaternary nitrogens is 1. The average molecular weight is 387 g/mol. The van der Waals surface area contributed by atoms with Crippen LogP contribution < -0.4 is 10.2 Å². The van der Waals surface area contributed by atoms with Crippen molar-refractivity contribution in [3.05, 3.63) is 51.2 Å². The average Bonchev–Trinajstić information content (AvgIpc) is 3.10. The highest BCUT2D eigenvalue weighted by Crippen LogP contribution is 2.24. The van der Waals surface area contributed by atoms with Gasteiger partial charge in [0.1, 0.15) is 6.04 Å². The predicted octanol–water partition coefficient (Wildman–Crippen LogP) is 1.96. The van der Waals surface area contributed by atoms with Gasteiger partial charge in [-0.1, -0.05) is 18.2 Å². The van der Waals surface area contributed by atoms with Crippen LogP contribution in [-0.4, -0.2) is 43.4 Å². The fraction of sp³-hybridized carbons (Fsp3) is 0.429. The molecule has 1 aliphatic rings. The monoisotopic (exact) mass is 386 g/mol. The molecule has 0 aliphatic carbocycles. The molecular weight excluding hydrogens is 358 g/mol. The Balaban J connectivity index is 1.56. The lowest BCUT2D eigenvalue weighted by Crippen LogP contribution is -3.14. The van der Waals surface area contributed by atoms with Gasteiger partial charge < -0.3 is 15.1 Å². The van der Waals surface area contributed by atoms with E-state index in [0.29, 0.717) is 12.6 Å². The second-order valence-electron chi connectivity index (χ2n) is 7.42. The van der Waals surface area contributed by atoms with E-state index in [1.807, 2.05) is 32.0 Å². The number of nitrogens with one attached hydrogen (secondary N) is 2. The summed E-state index contributed by atoms with van der Waals surface area (Å²) in [5.41, 5.74) is 4.25. The second kappa shape index (κ2) is 8.23. The van der Waals surface area contributed by atoms with Crippen molar-refractivity contribution in [2.24, 2.45) is 0 Å². The second-order valence-corrected chi connectivity index (χ2v) is 8.42. The van der Waals surface area contributed by atoms with Gasteiger partial charge in [-0.25, -0.2) is 0 Å². The molecule has 144 valence electrons. The first-order chi connectivity index (χ1) is 12.9. The highest BCUT2D eigenvalue weighted by Gasteiger charge is 2.30. The molecule has 6 heteroatoms. The van der Waals surface area contributed by atoms with Gasteiger partial charge in [0, 0.05) is 29.6 Å². The Morgan fingerprint density at radius 2 is 1.96 bits per heavy atom. The number of amides is 2. The van der Waals surface area contributed by atoms with Gasteiger partial charge in [-0.2, -0.15) is 0 Å². The predicted molar refractivity (Wildman–Crippen MR) is 109 cm³/mol. The number of likely N-dealkylation sites (N-methyl/N-ethyl adjacent to an activating group) is 1. The van der Waals surface area contributed by atoms with Crippen LogP contribution in [-0.2, 0) is 16.0 Å². The third-order valence-electron chi connectivity index (χ3n) is 5.46. The Kier molecular flexibility index (Phi) is 5.97. The van der Waals surface area contributed by atoms with E-state index in [1.165, 1.54) is 20.2 Å². The van der Waals surface area contributed by atoms with E-state index in [2.05, 4.69) is 23.7 Å². The topological polar surface area (TPSA) is 53.9 Å². The van der Waals surface area contributed by atoms with Crippen molar-refractivity contribution >= 4 is 28.8 Å². The number of carbonyl (C=O) groups is 2. The number of para-hydroxylation sites is 1. The molecule has 0 saturated heterocycles. The van der Waals surface area contributed by atoms with Crippen LogP contribution in [0, 0.1) is 13.8 Å². The Bertz CT molecular complexity index is 825. The number of thiophene rings is 1. The molecule has 27 heavy (non-hydrogen) atoms. The highest BCUT2D eigenvalue weighted by molar-refractivity contribution is 7.10. The van der Waals surface area contributed by atoms with Crippen molar-refractivity contribution in [1.29, 1.82) is 0 Å². The Morgan fingerprint density at radius 3 is 2.67 bits per heavy atom. The summed E-state index contributed by atoms with van der Waals surface area (Å²) in [6, 6.07) is 8.41. The summed E-state index contributed by atoms with van der Waals surface area (Å²) in [5.74, 6) is -0.155. The molecule has 0 spiro atoms. The number of aryl methyl sites for hydroxylation is 2. The summed E-state index contributed by atoms with van der Waals surface area (Å²) in [4.78, 5) is 29.3. The minimum absolute atomic E-state index is 0.00665. The van der Waals surface area contributed by atoms with E-state index in [0.717, 1.165) is 29.8 Å². The number of nitrogens with zero attached hydrogens (tertiary/aromatic N) is 1. The lowest BCUT2D eigenvalue weighted by atomic mass is 10.0. The van der Waals surface area contributed by atoms with Gasteiger partial charge in [-0.3, -0.25) is 9.59 Å². The summed E-state index contributed by atoms with van der Waals surface area (Å²) < 4.78 is 0. The number of hydrogen-bond acceptors (Lipinski definition) is 3. The third kappa shape index (κ3) is 4.39. The van der Waals surface area contributed by atoms with Gasteiger partial charge >= 0.3 is 0 Å². The molecule has 0 radical (unpaired) electrons. The number of benzene rings is 1. The first-order valence-electron chi connectivity index (χ1n) is 9.37. The molecule has 0 bridgehead atoms. The first-order valence-corrected chi connectivity index (χ1v) is 10.3. The van der Waals surface area contributed by atoms with E-state index in [9.17, 15) is 9.59 Å². The van der Waals surface area contributed by atoms with Crippen LogP contribution in [0.15, 0.2) is 29.6 Å². The fourth-order valence-electron chi connectivity index (χ4n) is 3.71. The molecule has 2 amide bonds. The van der Waals surface area contributed by atoms with E-state index in [4.69, 9.17) is 0 Å². The van der Waals surface area contributed by atoms with E-state index < -0.39 is 0 Å². The van der Waals surface area contributed by atoms with Crippen molar-refractivity contribution in [1.82, 2.24) is 4.90 Å². The van der Waals surface area contributed by atoms with Crippen molar-refractivity contribution in [2.45, 2.75) is 33.2 Å². The number of fused-ring (bicyclic) bond motifs is 1. The number of rotatable bonds is 5. The summed E-state index contributed by atoms with van der Waals surface area (Å²) >= 11 is 1.81. The molecule has 2 aromatic rings. The zero-order valence-corrected chi connectivity index (χ0v) is 17.3. The molecule has 1 unspecified atom stereocenters. The van der Waals surface area contributed by atoms with Crippen molar-refractivity contribution in [2.75, 3.05) is 32.0 Å². The van der Waals surface area contributed by atoms with Gasteiger partial charge in [-0.05, 0) is 43.3 Å². The van der Waals surface area contributed by atoms with Crippen LogP contribution in [0.2, 0.25) is 0 Å². The third-order valence-corrected chi connectivity index (χ3v) is 6.46. The number of anilines is 1. The Hall–Kier alpha value is -2.18. The standard InChI is InChI=1S/C21H27N3O2S/c1-14-6-5-7-15(2)21(14)22-19(25)12-23(4)20(26)13-24-10-8-18-17(16(24)3)9-11-27-18/h5-7,9,11,16H,8,10,12-13H2,1-4H3,(H,22,25)/p+1/t16-/m1/s1. The van der Waals surface area contributed by atoms with Crippen molar-refractivity contribution in [3.8, 4) is 0 Å². The summed E-state index contributed by atoms with van der Waals surface area (Å²) in [7, 11) is 1.71. The minimum atomic E-state index is -0.162. The molecule has 0 saturated carbocycles. The molecule has 2 N–H and O–H groups in total. The molecule has 3 rings (SSSR count). The quantitative estimate of drug-likeness (QED) is 0.825. The minimum Gasteiger partial charge on any atom is -0.332 e. The first kappa shape index (κ1) is 19.6. The normalized spacial score (nSPS) is 18.7. The molecule has 2 heterocycles. The lowest BCUT2D eigenvalue weighted by molar-refractivity contribution is -0.924. The lowest BCUT2D eigenvalue weighted by Gasteiger charge is -2.31. The summed E-state index contributed by atoms with van der Waals surface area (Å²) in [6.07, 6.45) is 1.02. The number of carbonyl (C=O) groups excluding carboxylic acids is 2. The Labute approximate surface area is 165 Å². The maximum atomic E-state index is 12.7. The Morgan fingerprint density at radius 1 is 1.26 bits per heavy atom. The van der Waals surface area contributed by atoms with Crippen molar-refractivity contribution < 1.29 is 14.5 Å². The summed E-state index contributed by atoms with van der Waals surface area (Å²) in [6.45, 7) is 7.57. The van der Waals surface area contributed by atoms with Crippen LogP contribution in [0.3, 0.4) is 0 Å². The number of hydrogen-bond donors (Lipinski definition) is 2. The molecule has 5 nitrogen and oxygen atoms in total. The van der Waals surface area contributed by atoms with Crippen LogP contribution >= 0.6 is 11.3 Å². The van der Waals surface area contributed by atoms with E-state index in [-0.39, 0.29) is 18.4 Å². The molecular formula is C21H28N3O2S+. The van der Waals surface area contributed by atoms with Crippen LogP contribution in [0.25, 0.3) is 0 Å². The largest absolute Gasteiger partial charge is 0.332 e. The smallest absolute Gasteiger partial charge is 0.277 e. The van der Waals surface area contributed by atoms with Gasteiger partial charge in [0.15, 0.2) is 6.54 Å². The highest BCUT2D eigenvalue weighted by atomic mass is 32.1. The van der Waals surface area contributed by atoms with Crippen LogP contribution in [0.5, 0.6) is 0 Å². The van der Waals surface area contributed by atoms with Crippen LogP contribution in [0.1, 0.15) is 34.5 Å². The summed E-state index contributed by atoms with van der Waals surface area (Å²) in [5, 5.41) is 5.08. The van der Waals surface area contributed by atoms with Crippen LogP contribution in [0.4, 0.5) is 5.69 Å². The molecule has 2 atom stereocenters. The SMILES string of the molecule is Cc1cccc(C)c1NC(=O)CN(C)C(=O)C[NH+]1CCc2sccc2[C@H]1C. The van der Waals surface area contributed by atoms with Crippen molar-refractivity contribution in [3.63, 3.8) is 0 Å². The van der Waals surface area contributed by atoms with Gasteiger partial charge in [0.2, 0.25) is 5.91 Å². The maximum Gasteiger partial charge on any atom is 0.277 e. The molecule has 1 aliphatic heterocycles. The zero-order chi connectivity index (χ0) is 19.6. The molecule has 0 fully saturated rings. The molecule has 1 aromatic heterocycles.